The summed E-state index contributed by atoms with van der Waals surface area (Å²) >= 11 is 0. The van der Waals surface area contributed by atoms with Crippen LogP contribution in [0.5, 0.6) is 11.5 Å². The van der Waals surface area contributed by atoms with E-state index in [2.05, 4.69) is 26.7 Å². The third-order valence-electron chi connectivity index (χ3n) is 6.96. The largest absolute Gasteiger partial charge is 0.457 e. The molecule has 2 aromatic heterocycles. The average molecular weight is 580 g/mol. The van der Waals surface area contributed by atoms with E-state index in [1.807, 2.05) is 18.2 Å². The number of aromatic nitrogens is 2. The number of nitrogens with one attached hydrogen (secondary N) is 2. The molecule has 0 saturated heterocycles. The number of pyridine rings is 2. The van der Waals surface area contributed by atoms with Gasteiger partial charge in [0.15, 0.2) is 0 Å². The van der Waals surface area contributed by atoms with Gasteiger partial charge in [-0.05, 0) is 91.2 Å². The van der Waals surface area contributed by atoms with Crippen LogP contribution in [0.1, 0.15) is 18.4 Å². The zero-order valence-corrected chi connectivity index (χ0v) is 22.8. The summed E-state index contributed by atoms with van der Waals surface area (Å²) in [5.74, 6) is -0.0462. The van der Waals surface area contributed by atoms with Gasteiger partial charge in [-0.3, -0.25) is 19.6 Å². The molecular weight excluding hydrogens is 557 g/mol. The summed E-state index contributed by atoms with van der Waals surface area (Å²) in [5, 5.41) is 15.5. The summed E-state index contributed by atoms with van der Waals surface area (Å²) in [6.45, 7) is 0. The topological polar surface area (TPSA) is 117 Å². The van der Waals surface area contributed by atoms with Gasteiger partial charge in [0.1, 0.15) is 28.8 Å². The van der Waals surface area contributed by atoms with Gasteiger partial charge >= 0.3 is 0 Å². The van der Waals surface area contributed by atoms with Crippen molar-refractivity contribution in [1.29, 1.82) is 5.26 Å². The molecule has 208 valence electrons. The fourth-order valence-corrected chi connectivity index (χ4v) is 4.50. The maximum atomic E-state index is 13.2. The van der Waals surface area contributed by atoms with Gasteiger partial charge in [0.2, 0.25) is 11.8 Å². The van der Waals surface area contributed by atoms with Gasteiger partial charge in [-0.25, -0.2) is 4.39 Å². The molecule has 2 amide bonds. The first-order valence-corrected chi connectivity index (χ1v) is 12.8. The lowest BCUT2D eigenvalue weighted by atomic mass is 10.0. The summed E-state index contributed by atoms with van der Waals surface area (Å²) in [6, 6.07) is 23.7. The molecule has 2 heterocycles. The van der Waals surface area contributed by atoms with Crippen LogP contribution in [-0.4, -0.2) is 21.8 Å². The predicted molar refractivity (Wildman–Crippen MR) is 159 cm³/mol. The molecule has 10 heteroatoms. The van der Waals surface area contributed by atoms with E-state index in [-0.39, 0.29) is 12.4 Å². The number of nitriles is 1. The van der Waals surface area contributed by atoms with Crippen molar-refractivity contribution in [3.63, 3.8) is 0 Å². The van der Waals surface area contributed by atoms with Crippen molar-refractivity contribution in [2.75, 3.05) is 10.6 Å². The van der Waals surface area contributed by atoms with Crippen LogP contribution in [0.15, 0.2) is 97.5 Å². The van der Waals surface area contributed by atoms with Crippen LogP contribution >= 0.6 is 12.4 Å². The van der Waals surface area contributed by atoms with E-state index in [9.17, 15) is 14.0 Å². The molecule has 3 aromatic carbocycles. The van der Waals surface area contributed by atoms with Crippen molar-refractivity contribution in [1.82, 2.24) is 9.97 Å². The van der Waals surface area contributed by atoms with Gasteiger partial charge in [0.05, 0.1) is 11.1 Å². The highest BCUT2D eigenvalue weighted by Crippen LogP contribution is 2.47. The number of halogens is 2. The van der Waals surface area contributed by atoms with Crippen LogP contribution in [0, 0.1) is 22.6 Å². The summed E-state index contributed by atoms with van der Waals surface area (Å²) < 4.78 is 19.3. The number of nitrogens with zero attached hydrogens (tertiary/aromatic N) is 3. The van der Waals surface area contributed by atoms with Gasteiger partial charge < -0.3 is 15.4 Å². The number of hydrogen-bond donors (Lipinski definition) is 2. The fraction of sp³-hybridized carbons (Fsp3) is 0.0938. The number of benzene rings is 3. The molecule has 0 bridgehead atoms. The van der Waals surface area contributed by atoms with Crippen LogP contribution in [0.4, 0.5) is 15.8 Å². The van der Waals surface area contributed by atoms with Crippen LogP contribution in [0.25, 0.3) is 22.0 Å². The first-order valence-electron chi connectivity index (χ1n) is 12.8. The number of amides is 2. The maximum absolute atomic E-state index is 13.2. The Morgan fingerprint density at radius 2 is 1.52 bits per heavy atom. The van der Waals surface area contributed by atoms with Crippen LogP contribution in [0.2, 0.25) is 0 Å². The van der Waals surface area contributed by atoms with E-state index < -0.39 is 23.0 Å². The number of carbonyl (C=O) groups excluding carboxylic acids is 2. The van der Waals surface area contributed by atoms with Crippen molar-refractivity contribution in [3.05, 3.63) is 109 Å². The minimum atomic E-state index is -1.15. The number of hydrogen-bond acceptors (Lipinski definition) is 6. The van der Waals surface area contributed by atoms with E-state index in [1.54, 1.807) is 48.8 Å². The molecule has 0 aliphatic heterocycles. The van der Waals surface area contributed by atoms with Crippen molar-refractivity contribution in [2.24, 2.45) is 5.41 Å². The standard InChI is InChI=1S/C32H22FN5O3.ClH/c33-23-2-4-24(5-3-23)37-30(39)32(12-13-32)31(40)38-25-6-8-26(9-7-25)41-29-11-14-36-28-16-21(1-10-27(28)29)22-15-20(17-34)18-35-19-22;/h1-11,14-16,18-19H,12-13H2,(H,37,39)(H,38,40);1H. The molecule has 1 fully saturated rings. The molecule has 1 aliphatic carbocycles. The third kappa shape index (κ3) is 5.75. The van der Waals surface area contributed by atoms with Crippen LogP contribution in [-0.2, 0) is 9.59 Å². The SMILES string of the molecule is Cl.N#Cc1cncc(-c2ccc3c(Oc4ccc(NC(=O)C5(C(=O)Nc6ccc(F)cc6)CC5)cc4)ccnc3c2)c1. The third-order valence-corrected chi connectivity index (χ3v) is 6.96. The molecule has 2 N–H and O–H groups in total. The molecule has 0 unspecified atom stereocenters. The number of ether oxygens (including phenoxy) is 1. The van der Waals surface area contributed by atoms with Crippen molar-refractivity contribution >= 4 is 46.5 Å². The average Bonchev–Trinajstić information content (AvgIpc) is 3.82. The molecule has 42 heavy (non-hydrogen) atoms. The summed E-state index contributed by atoms with van der Waals surface area (Å²) in [5.41, 5.74) is 2.71. The number of anilines is 2. The molecule has 0 spiro atoms. The summed E-state index contributed by atoms with van der Waals surface area (Å²) in [4.78, 5) is 34.4. The number of carbonyl (C=O) groups is 2. The fourth-order valence-electron chi connectivity index (χ4n) is 4.50. The maximum Gasteiger partial charge on any atom is 0.240 e. The Hall–Kier alpha value is -5.33. The van der Waals surface area contributed by atoms with E-state index in [4.69, 9.17) is 10.00 Å². The highest BCUT2D eigenvalue weighted by Gasteiger charge is 2.56. The van der Waals surface area contributed by atoms with Crippen LogP contribution in [0.3, 0.4) is 0 Å². The summed E-state index contributed by atoms with van der Waals surface area (Å²) in [7, 11) is 0. The normalized spacial score (nSPS) is 12.9. The second-order valence-corrected chi connectivity index (χ2v) is 9.74. The van der Waals surface area contributed by atoms with Crippen molar-refractivity contribution in [3.8, 4) is 28.7 Å². The minimum Gasteiger partial charge on any atom is -0.457 e. The zero-order chi connectivity index (χ0) is 28.4. The minimum absolute atomic E-state index is 0. The molecule has 1 aliphatic rings. The Kier molecular flexibility index (Phi) is 7.82. The molecule has 8 nitrogen and oxygen atoms in total. The lowest BCUT2D eigenvalue weighted by Gasteiger charge is -2.16. The Balaban J connectivity index is 0.00000353. The van der Waals surface area contributed by atoms with Crippen LogP contribution < -0.4 is 15.4 Å². The van der Waals surface area contributed by atoms with E-state index >= 15 is 0 Å². The highest BCUT2D eigenvalue weighted by atomic mass is 35.5. The first kappa shape index (κ1) is 28.2. The quantitative estimate of drug-likeness (QED) is 0.203. The van der Waals surface area contributed by atoms with Gasteiger partial charge in [0, 0.05) is 40.9 Å². The van der Waals surface area contributed by atoms with Gasteiger partial charge in [-0.1, -0.05) is 6.07 Å². The second-order valence-electron chi connectivity index (χ2n) is 9.74. The van der Waals surface area contributed by atoms with Gasteiger partial charge in [-0.2, -0.15) is 5.26 Å². The smallest absolute Gasteiger partial charge is 0.240 e. The second kappa shape index (κ2) is 11.6. The van der Waals surface area contributed by atoms with E-state index in [0.717, 1.165) is 22.0 Å². The Bertz CT molecular complexity index is 1830. The molecule has 0 radical (unpaired) electrons. The highest BCUT2D eigenvalue weighted by molar-refractivity contribution is 6.16. The number of fused-ring (bicyclic) bond motifs is 1. The van der Waals surface area contributed by atoms with Crippen molar-refractivity contribution in [2.45, 2.75) is 12.8 Å². The lowest BCUT2D eigenvalue weighted by Crippen LogP contribution is -2.35. The van der Waals surface area contributed by atoms with Gasteiger partial charge in [-0.15, -0.1) is 12.4 Å². The predicted octanol–water partition coefficient (Wildman–Crippen LogP) is 6.88. The molecule has 6 rings (SSSR count). The molecule has 1 saturated carbocycles. The molecule has 5 aromatic rings. The monoisotopic (exact) mass is 579 g/mol. The summed E-state index contributed by atoms with van der Waals surface area (Å²) in [6.07, 6.45) is 5.74. The Labute approximate surface area is 246 Å². The van der Waals surface area contributed by atoms with E-state index in [1.165, 1.54) is 30.5 Å². The molecule has 0 atom stereocenters. The molecular formula is C32H23ClFN5O3. The zero-order valence-electron chi connectivity index (χ0n) is 22.0. The lowest BCUT2D eigenvalue weighted by molar-refractivity contribution is -0.131. The first-order chi connectivity index (χ1) is 19.9. The Morgan fingerprint density at radius 3 is 2.17 bits per heavy atom. The number of rotatable bonds is 7. The Morgan fingerprint density at radius 1 is 0.857 bits per heavy atom. The van der Waals surface area contributed by atoms with Gasteiger partial charge in [0.25, 0.3) is 0 Å². The van der Waals surface area contributed by atoms with E-state index in [0.29, 0.717) is 41.3 Å². The van der Waals surface area contributed by atoms with Crippen molar-refractivity contribution < 1.29 is 18.7 Å².